The maximum atomic E-state index is 12.2. The quantitative estimate of drug-likeness (QED) is 0.572. The molecule has 2 fully saturated rings. The van der Waals surface area contributed by atoms with Crippen molar-refractivity contribution in [2.75, 3.05) is 26.2 Å². The molecule has 2 aliphatic rings. The third kappa shape index (κ3) is 4.24. The number of hydrogen-bond donors (Lipinski definition) is 1. The molecule has 1 aromatic rings. The second-order valence-corrected chi connectivity index (χ2v) is 6.15. The highest BCUT2D eigenvalue weighted by Crippen LogP contribution is 2.27. The van der Waals surface area contributed by atoms with Crippen molar-refractivity contribution in [3.8, 4) is 0 Å². The molecule has 0 aromatic carbocycles. The van der Waals surface area contributed by atoms with Gasteiger partial charge in [0.2, 0.25) is 0 Å². The van der Waals surface area contributed by atoms with Crippen LogP contribution in [0.25, 0.3) is 0 Å². The highest BCUT2D eigenvalue weighted by atomic mass is 35.5. The van der Waals surface area contributed by atoms with Crippen LogP contribution in [0.2, 0.25) is 0 Å². The summed E-state index contributed by atoms with van der Waals surface area (Å²) in [6.07, 6.45) is 6.33. The van der Waals surface area contributed by atoms with Crippen molar-refractivity contribution >= 4 is 24.3 Å². The molecule has 7 heteroatoms. The highest BCUT2D eigenvalue weighted by molar-refractivity contribution is 6.04. The van der Waals surface area contributed by atoms with Gasteiger partial charge in [0.05, 0.1) is 0 Å². The number of imide groups is 1. The summed E-state index contributed by atoms with van der Waals surface area (Å²) in [5.74, 6) is 0.00983. The van der Waals surface area contributed by atoms with E-state index in [1.54, 1.807) is 4.90 Å². The number of nitrogens with one attached hydrogen (secondary N) is 1. The van der Waals surface area contributed by atoms with Crippen molar-refractivity contribution < 1.29 is 9.59 Å². The molecule has 3 heterocycles. The van der Waals surface area contributed by atoms with Crippen LogP contribution in [-0.4, -0.2) is 58.9 Å². The number of pyridine rings is 1. The second-order valence-electron chi connectivity index (χ2n) is 6.15. The Labute approximate surface area is 149 Å². The lowest BCUT2D eigenvalue weighted by atomic mass is 10.2. The van der Waals surface area contributed by atoms with E-state index in [0.717, 1.165) is 57.4 Å². The largest absolute Gasteiger partial charge is 0.327 e. The summed E-state index contributed by atoms with van der Waals surface area (Å²) < 4.78 is 0. The normalized spacial score (nSPS) is 19.6. The summed E-state index contributed by atoms with van der Waals surface area (Å²) in [5, 5.41) is 3.38. The van der Waals surface area contributed by atoms with Crippen LogP contribution >= 0.6 is 12.4 Å². The van der Waals surface area contributed by atoms with E-state index in [9.17, 15) is 9.59 Å². The molecule has 0 spiro atoms. The molecule has 24 heavy (non-hydrogen) atoms. The Balaban J connectivity index is 0.00000208. The summed E-state index contributed by atoms with van der Waals surface area (Å²) in [4.78, 5) is 31.7. The van der Waals surface area contributed by atoms with Crippen LogP contribution in [0.4, 0.5) is 4.79 Å². The number of fused-ring (bicyclic) bond motifs is 1. The van der Waals surface area contributed by atoms with E-state index in [1.165, 1.54) is 4.90 Å². The van der Waals surface area contributed by atoms with Gasteiger partial charge in [0.1, 0.15) is 6.04 Å². The van der Waals surface area contributed by atoms with Gasteiger partial charge in [0, 0.05) is 37.9 Å². The van der Waals surface area contributed by atoms with Gasteiger partial charge in [-0.3, -0.25) is 14.7 Å². The van der Waals surface area contributed by atoms with E-state index < -0.39 is 0 Å². The predicted molar refractivity (Wildman–Crippen MR) is 94.1 cm³/mol. The van der Waals surface area contributed by atoms with Gasteiger partial charge in [-0.2, -0.15) is 0 Å². The second kappa shape index (κ2) is 8.99. The van der Waals surface area contributed by atoms with Crippen LogP contribution in [0.5, 0.6) is 0 Å². The molecular formula is C17H25ClN4O2. The van der Waals surface area contributed by atoms with Gasteiger partial charge in [0.25, 0.3) is 5.91 Å². The lowest BCUT2D eigenvalue weighted by Gasteiger charge is -2.15. The average Bonchev–Trinajstić information content (AvgIpc) is 3.14. The van der Waals surface area contributed by atoms with Crippen molar-refractivity contribution in [3.63, 3.8) is 0 Å². The number of aromatic nitrogens is 1. The fourth-order valence-corrected chi connectivity index (χ4v) is 3.29. The molecule has 1 atom stereocenters. The van der Waals surface area contributed by atoms with Crippen LogP contribution in [0, 0.1) is 0 Å². The minimum absolute atomic E-state index is 0. The molecule has 3 rings (SSSR count). The summed E-state index contributed by atoms with van der Waals surface area (Å²) in [7, 11) is 0. The summed E-state index contributed by atoms with van der Waals surface area (Å²) in [6.45, 7) is 3.08. The van der Waals surface area contributed by atoms with Crippen LogP contribution in [0.15, 0.2) is 24.4 Å². The summed E-state index contributed by atoms with van der Waals surface area (Å²) in [6, 6.07) is 5.69. The van der Waals surface area contributed by atoms with Crippen LogP contribution in [-0.2, 0) is 11.2 Å². The molecule has 132 valence electrons. The molecule has 1 aromatic heterocycles. The predicted octanol–water partition coefficient (Wildman–Crippen LogP) is 1.84. The fraction of sp³-hybridized carbons (Fsp3) is 0.588. The number of carbonyl (C=O) groups is 2. The molecule has 1 unspecified atom stereocenters. The number of halogens is 1. The Bertz CT molecular complexity index is 533. The molecular weight excluding hydrogens is 328 g/mol. The molecule has 2 aliphatic heterocycles. The van der Waals surface area contributed by atoms with Gasteiger partial charge >= 0.3 is 6.03 Å². The first kappa shape index (κ1) is 18.7. The number of urea groups is 1. The number of carbonyl (C=O) groups excluding carboxylic acids is 2. The van der Waals surface area contributed by atoms with Crippen molar-refractivity contribution in [2.45, 2.75) is 38.1 Å². The van der Waals surface area contributed by atoms with Crippen molar-refractivity contribution in [3.05, 3.63) is 30.1 Å². The first-order chi connectivity index (χ1) is 11.3. The third-order valence-electron chi connectivity index (χ3n) is 4.55. The molecule has 1 N–H and O–H groups in total. The van der Waals surface area contributed by atoms with E-state index in [4.69, 9.17) is 0 Å². The van der Waals surface area contributed by atoms with Gasteiger partial charge in [0.15, 0.2) is 0 Å². The Morgan fingerprint density at radius 3 is 2.83 bits per heavy atom. The van der Waals surface area contributed by atoms with Crippen molar-refractivity contribution in [2.24, 2.45) is 0 Å². The van der Waals surface area contributed by atoms with E-state index in [2.05, 4.69) is 10.3 Å². The smallest absolute Gasteiger partial charge is 0.316 e. The van der Waals surface area contributed by atoms with Crippen LogP contribution < -0.4 is 5.32 Å². The Morgan fingerprint density at radius 2 is 2.08 bits per heavy atom. The average molecular weight is 353 g/mol. The standard InChI is InChI=1S/C17H24N4O2.ClH/c22-16-15-7-5-13-20(15)17(23)21(16)12-4-3-9-18-11-8-14-6-1-2-10-19-14;/h1-2,6,10,15,18H,3-5,7-9,11-13H2;1H. The van der Waals surface area contributed by atoms with E-state index in [1.807, 2.05) is 24.4 Å². The van der Waals surface area contributed by atoms with Crippen LogP contribution in [0.1, 0.15) is 31.4 Å². The molecule has 0 bridgehead atoms. The monoisotopic (exact) mass is 352 g/mol. The van der Waals surface area contributed by atoms with Crippen molar-refractivity contribution in [1.29, 1.82) is 0 Å². The van der Waals surface area contributed by atoms with Gasteiger partial charge in [-0.1, -0.05) is 6.07 Å². The number of rotatable bonds is 8. The summed E-state index contributed by atoms with van der Waals surface area (Å²) >= 11 is 0. The molecule has 0 radical (unpaired) electrons. The fourth-order valence-electron chi connectivity index (χ4n) is 3.29. The topological polar surface area (TPSA) is 65.5 Å². The molecule has 3 amide bonds. The Kier molecular flexibility index (Phi) is 6.99. The van der Waals surface area contributed by atoms with Crippen LogP contribution in [0.3, 0.4) is 0 Å². The van der Waals surface area contributed by atoms with E-state index >= 15 is 0 Å². The van der Waals surface area contributed by atoms with E-state index in [0.29, 0.717) is 6.54 Å². The maximum absolute atomic E-state index is 12.2. The third-order valence-corrected chi connectivity index (χ3v) is 4.55. The SMILES string of the molecule is Cl.O=C1C2CCCN2C(=O)N1CCCCNCCc1ccccn1. The zero-order chi connectivity index (χ0) is 16.1. The number of hydrogen-bond acceptors (Lipinski definition) is 4. The molecule has 6 nitrogen and oxygen atoms in total. The van der Waals surface area contributed by atoms with Gasteiger partial charge < -0.3 is 10.2 Å². The van der Waals surface area contributed by atoms with Gasteiger partial charge in [-0.15, -0.1) is 12.4 Å². The van der Waals surface area contributed by atoms with Gasteiger partial charge in [-0.25, -0.2) is 4.79 Å². The zero-order valence-corrected chi connectivity index (χ0v) is 14.6. The van der Waals surface area contributed by atoms with Gasteiger partial charge in [-0.05, 0) is 44.4 Å². The molecule has 2 saturated heterocycles. The maximum Gasteiger partial charge on any atom is 0.327 e. The summed E-state index contributed by atoms with van der Waals surface area (Å²) in [5.41, 5.74) is 1.09. The molecule has 0 saturated carbocycles. The van der Waals surface area contributed by atoms with E-state index in [-0.39, 0.29) is 30.4 Å². The lowest BCUT2D eigenvalue weighted by Crippen LogP contribution is -2.34. The highest BCUT2D eigenvalue weighted by Gasteiger charge is 2.46. The minimum Gasteiger partial charge on any atom is -0.316 e. The molecule has 0 aliphatic carbocycles. The number of unbranched alkanes of at least 4 members (excludes halogenated alkanes) is 1. The Morgan fingerprint density at radius 1 is 1.21 bits per heavy atom. The number of amides is 3. The minimum atomic E-state index is -0.168. The van der Waals surface area contributed by atoms with Crippen molar-refractivity contribution in [1.82, 2.24) is 20.1 Å². The lowest BCUT2D eigenvalue weighted by molar-refractivity contribution is -0.128. The first-order valence-corrected chi connectivity index (χ1v) is 8.50. The first-order valence-electron chi connectivity index (χ1n) is 8.50. The zero-order valence-electron chi connectivity index (χ0n) is 13.8. The Hall–Kier alpha value is -1.66. The number of nitrogens with zero attached hydrogens (tertiary/aromatic N) is 3.